The van der Waals surface area contributed by atoms with Crippen LogP contribution in [-0.2, 0) is 4.79 Å². The number of unbranched alkanes of at least 4 members (excludes halogenated alkanes) is 6. The molecule has 0 aromatic carbocycles. The van der Waals surface area contributed by atoms with E-state index in [1.165, 1.54) is 0 Å². The first kappa shape index (κ1) is 20.5. The Morgan fingerprint density at radius 3 is 1.57 bits per heavy atom. The van der Waals surface area contributed by atoms with Gasteiger partial charge in [-0.05, 0) is 12.8 Å². The average Bonchev–Trinajstić information content (AvgIpc) is 2.38. The van der Waals surface area contributed by atoms with Crippen molar-refractivity contribution in [2.75, 3.05) is 0 Å². The minimum atomic E-state index is -4.38. The van der Waals surface area contributed by atoms with Crippen molar-refractivity contribution >= 4 is 5.78 Å². The molecule has 126 valence electrons. The number of carbonyl (C=O) groups excluding carboxylic acids is 1. The third-order valence-corrected chi connectivity index (χ3v) is 4.20. The molecule has 0 amide bonds. The van der Waals surface area contributed by atoms with E-state index in [-0.39, 0.29) is 0 Å². The number of hydrogen-bond donors (Lipinski definition) is 0. The number of rotatable bonds is 12. The molecule has 0 saturated carbocycles. The van der Waals surface area contributed by atoms with E-state index in [2.05, 4.69) is 13.8 Å². The lowest BCUT2D eigenvalue weighted by molar-refractivity contribution is -0.159. The van der Waals surface area contributed by atoms with Crippen LogP contribution in [0.5, 0.6) is 0 Å². The number of halogens is 3. The van der Waals surface area contributed by atoms with Gasteiger partial charge in [-0.3, -0.25) is 4.79 Å². The van der Waals surface area contributed by atoms with E-state index in [1.807, 2.05) is 0 Å². The van der Waals surface area contributed by atoms with Crippen LogP contribution in [0, 0.1) is 5.41 Å². The Bertz CT molecular complexity index is 272. The van der Waals surface area contributed by atoms with Crippen molar-refractivity contribution in [1.29, 1.82) is 0 Å². The van der Waals surface area contributed by atoms with Gasteiger partial charge in [-0.2, -0.15) is 13.2 Å². The summed E-state index contributed by atoms with van der Waals surface area (Å²) in [5, 5.41) is 0. The smallest absolute Gasteiger partial charge is 0.299 e. The first-order chi connectivity index (χ1) is 9.75. The molecule has 0 bridgehead atoms. The summed E-state index contributed by atoms with van der Waals surface area (Å²) in [4.78, 5) is 12.1. The third-order valence-electron chi connectivity index (χ3n) is 4.20. The van der Waals surface area contributed by atoms with Crippen LogP contribution in [0.3, 0.4) is 0 Å². The van der Waals surface area contributed by atoms with Gasteiger partial charge in [0, 0.05) is 5.41 Å². The van der Waals surface area contributed by atoms with Crippen molar-refractivity contribution in [2.24, 2.45) is 5.41 Å². The molecule has 0 rings (SSSR count). The predicted octanol–water partition coefficient (Wildman–Crippen LogP) is 6.46. The van der Waals surface area contributed by atoms with Gasteiger partial charge in [-0.25, -0.2) is 0 Å². The van der Waals surface area contributed by atoms with Gasteiger partial charge in [0.2, 0.25) is 0 Å². The maximum Gasteiger partial charge on any atom is 0.395 e. The summed E-state index contributed by atoms with van der Waals surface area (Å²) in [6.07, 6.45) is 3.56. The summed E-state index contributed by atoms with van der Waals surface area (Å²) >= 11 is 0. The molecule has 0 N–H and O–H groups in total. The van der Waals surface area contributed by atoms with Crippen LogP contribution in [0.15, 0.2) is 0 Å². The Kier molecular flexibility index (Phi) is 9.97. The van der Waals surface area contributed by atoms with Gasteiger partial charge in [-0.1, -0.05) is 72.1 Å². The molecule has 0 aromatic rings. The van der Waals surface area contributed by atoms with Crippen molar-refractivity contribution in [3.05, 3.63) is 0 Å². The average molecular weight is 308 g/mol. The Morgan fingerprint density at radius 2 is 1.24 bits per heavy atom. The minimum absolute atomic E-state index is 0.591. The van der Waals surface area contributed by atoms with Crippen molar-refractivity contribution in [3.8, 4) is 0 Å². The van der Waals surface area contributed by atoms with Gasteiger partial charge in [0.05, 0.1) is 0 Å². The third kappa shape index (κ3) is 9.92. The van der Waals surface area contributed by atoms with E-state index in [1.54, 1.807) is 6.92 Å². The molecule has 0 aliphatic carbocycles. The zero-order valence-electron chi connectivity index (χ0n) is 13.8. The minimum Gasteiger partial charge on any atom is -0.299 e. The second-order valence-electron chi connectivity index (χ2n) is 6.40. The van der Waals surface area contributed by atoms with E-state index in [4.69, 9.17) is 0 Å². The maximum absolute atomic E-state index is 12.5. The topological polar surface area (TPSA) is 17.1 Å². The van der Waals surface area contributed by atoms with Gasteiger partial charge >= 0.3 is 6.18 Å². The summed E-state index contributed by atoms with van der Waals surface area (Å²) in [5.41, 5.74) is -0.795. The van der Waals surface area contributed by atoms with Gasteiger partial charge in [0.25, 0.3) is 0 Å². The number of ketones is 1. The molecular formula is C17H31F3O. The first-order valence-electron chi connectivity index (χ1n) is 8.35. The normalized spacial score (nSPS) is 12.7. The van der Waals surface area contributed by atoms with E-state index >= 15 is 0 Å². The molecule has 0 aliphatic rings. The SMILES string of the molecule is CCCCCCC(C)(CCCCCC)C(=O)CC(F)(F)F. The van der Waals surface area contributed by atoms with E-state index < -0.39 is 23.8 Å². The van der Waals surface area contributed by atoms with Crippen LogP contribution in [0.4, 0.5) is 13.2 Å². The summed E-state index contributed by atoms with van der Waals surface area (Å²) in [5.74, 6) is -0.622. The number of alkyl halides is 3. The van der Waals surface area contributed by atoms with E-state index in [9.17, 15) is 18.0 Å². The zero-order valence-corrected chi connectivity index (χ0v) is 13.8. The van der Waals surface area contributed by atoms with Crippen LogP contribution in [0.1, 0.15) is 91.4 Å². The van der Waals surface area contributed by atoms with Gasteiger partial charge in [-0.15, -0.1) is 0 Å². The monoisotopic (exact) mass is 308 g/mol. The summed E-state index contributed by atoms with van der Waals surface area (Å²) in [7, 11) is 0. The molecule has 0 aromatic heterocycles. The second-order valence-corrected chi connectivity index (χ2v) is 6.40. The molecule has 0 aliphatic heterocycles. The lowest BCUT2D eigenvalue weighted by Crippen LogP contribution is -2.32. The molecule has 0 fully saturated rings. The van der Waals surface area contributed by atoms with Crippen LogP contribution < -0.4 is 0 Å². The van der Waals surface area contributed by atoms with Gasteiger partial charge in [0.15, 0.2) is 0 Å². The highest BCUT2D eigenvalue weighted by atomic mass is 19.4. The Hall–Kier alpha value is -0.540. The molecule has 0 radical (unpaired) electrons. The fourth-order valence-electron chi connectivity index (χ4n) is 2.68. The highest BCUT2D eigenvalue weighted by Crippen LogP contribution is 2.36. The van der Waals surface area contributed by atoms with E-state index in [0.717, 1.165) is 51.4 Å². The van der Waals surface area contributed by atoms with Gasteiger partial charge < -0.3 is 0 Å². The molecule has 0 unspecified atom stereocenters. The molecule has 0 saturated heterocycles. The number of Topliss-reactive ketones (excluding diaryl/α,β-unsaturated/α-hetero) is 1. The van der Waals surface area contributed by atoms with Crippen LogP contribution >= 0.6 is 0 Å². The maximum atomic E-state index is 12.5. The Balaban J connectivity index is 4.53. The van der Waals surface area contributed by atoms with Crippen molar-refractivity contribution in [3.63, 3.8) is 0 Å². The summed E-state index contributed by atoms with van der Waals surface area (Å²) < 4.78 is 37.5. The molecule has 4 heteroatoms. The first-order valence-corrected chi connectivity index (χ1v) is 8.35. The predicted molar refractivity (Wildman–Crippen MR) is 81.3 cm³/mol. The lowest BCUT2D eigenvalue weighted by Gasteiger charge is -2.29. The van der Waals surface area contributed by atoms with Gasteiger partial charge in [0.1, 0.15) is 12.2 Å². The zero-order chi connectivity index (χ0) is 16.4. The summed E-state index contributed by atoms with van der Waals surface area (Å²) in [6.45, 7) is 5.93. The fourth-order valence-corrected chi connectivity index (χ4v) is 2.68. The molecular weight excluding hydrogens is 277 g/mol. The molecule has 1 nitrogen and oxygen atoms in total. The molecule has 0 heterocycles. The molecule has 0 atom stereocenters. The second kappa shape index (κ2) is 10.2. The van der Waals surface area contributed by atoms with Crippen molar-refractivity contribution in [1.82, 2.24) is 0 Å². The summed E-state index contributed by atoms with van der Waals surface area (Å²) in [6, 6.07) is 0. The fraction of sp³-hybridized carbons (Fsp3) is 0.941. The Labute approximate surface area is 127 Å². The van der Waals surface area contributed by atoms with Crippen LogP contribution in [0.2, 0.25) is 0 Å². The highest BCUT2D eigenvalue weighted by Gasteiger charge is 2.40. The van der Waals surface area contributed by atoms with E-state index in [0.29, 0.717) is 12.8 Å². The Morgan fingerprint density at radius 1 is 0.810 bits per heavy atom. The highest BCUT2D eigenvalue weighted by molar-refractivity contribution is 5.84. The van der Waals surface area contributed by atoms with Crippen LogP contribution in [-0.4, -0.2) is 12.0 Å². The van der Waals surface area contributed by atoms with Crippen molar-refractivity contribution in [2.45, 2.75) is 97.6 Å². The van der Waals surface area contributed by atoms with Crippen LogP contribution in [0.25, 0.3) is 0 Å². The molecule has 21 heavy (non-hydrogen) atoms. The largest absolute Gasteiger partial charge is 0.395 e. The number of carbonyl (C=O) groups is 1. The molecule has 0 spiro atoms. The quantitative estimate of drug-likeness (QED) is 0.378. The van der Waals surface area contributed by atoms with Crippen molar-refractivity contribution < 1.29 is 18.0 Å². The number of hydrogen-bond acceptors (Lipinski definition) is 1. The lowest BCUT2D eigenvalue weighted by atomic mass is 9.75. The standard InChI is InChI=1S/C17H31F3O/c1-4-6-8-10-12-16(3,13-11-9-7-5-2)15(21)14-17(18,19)20/h4-14H2,1-3H3.